The monoisotopic (exact) mass is 268 g/mol. The number of nitrogens with zero attached hydrogens (tertiary/aromatic N) is 1. The number of hydrogen-bond donors (Lipinski definition) is 2. The van der Waals surface area contributed by atoms with E-state index in [2.05, 4.69) is 10.3 Å². The van der Waals surface area contributed by atoms with Crippen molar-refractivity contribution >= 4 is 17.5 Å². The molecule has 98 valence electrons. The number of aromatic nitrogens is 1. The molecule has 1 heterocycles. The zero-order chi connectivity index (χ0) is 13.2. The highest BCUT2D eigenvalue weighted by Crippen LogP contribution is 2.28. The van der Waals surface area contributed by atoms with E-state index in [0.717, 1.165) is 25.7 Å². The summed E-state index contributed by atoms with van der Waals surface area (Å²) in [5.41, 5.74) is 0.447. The molecule has 0 aromatic carbocycles. The summed E-state index contributed by atoms with van der Waals surface area (Å²) < 4.78 is 0. The fourth-order valence-corrected chi connectivity index (χ4v) is 2.57. The van der Waals surface area contributed by atoms with Gasteiger partial charge in [-0.15, -0.1) is 0 Å². The van der Waals surface area contributed by atoms with Crippen molar-refractivity contribution in [2.75, 3.05) is 6.54 Å². The maximum Gasteiger partial charge on any atom is 0.251 e. The standard InChI is InChI=1S/C13H17ClN2O2/c1-9-6-10(7-11(14)16-9)12(17)15-8-13(18)4-2-3-5-13/h6-7,18H,2-5,8H2,1H3,(H,15,17). The van der Waals surface area contributed by atoms with E-state index in [1.807, 2.05) is 0 Å². The van der Waals surface area contributed by atoms with Crippen molar-refractivity contribution in [3.63, 3.8) is 0 Å². The molecule has 0 saturated heterocycles. The van der Waals surface area contributed by atoms with Crippen LogP contribution in [-0.4, -0.2) is 28.1 Å². The molecule has 1 aromatic rings. The molecule has 1 aliphatic rings. The first kappa shape index (κ1) is 13.3. The van der Waals surface area contributed by atoms with Crippen molar-refractivity contribution < 1.29 is 9.90 Å². The fraction of sp³-hybridized carbons (Fsp3) is 0.538. The predicted molar refractivity (Wildman–Crippen MR) is 69.7 cm³/mol. The van der Waals surface area contributed by atoms with Crippen LogP contribution in [0.4, 0.5) is 0 Å². The SMILES string of the molecule is Cc1cc(C(=O)NCC2(O)CCCC2)cc(Cl)n1. The van der Waals surface area contributed by atoms with Crippen LogP contribution in [-0.2, 0) is 0 Å². The van der Waals surface area contributed by atoms with E-state index in [0.29, 0.717) is 23.0 Å². The number of amides is 1. The second kappa shape index (κ2) is 5.24. The minimum absolute atomic E-state index is 0.220. The number of halogens is 1. The van der Waals surface area contributed by atoms with Gasteiger partial charge in [-0.3, -0.25) is 4.79 Å². The number of carbonyl (C=O) groups is 1. The molecule has 1 saturated carbocycles. The molecular weight excluding hydrogens is 252 g/mol. The van der Waals surface area contributed by atoms with Gasteiger partial charge in [0.15, 0.2) is 0 Å². The van der Waals surface area contributed by atoms with Gasteiger partial charge in [-0.05, 0) is 31.9 Å². The summed E-state index contributed by atoms with van der Waals surface area (Å²) in [6.07, 6.45) is 3.55. The molecule has 0 unspecified atom stereocenters. The normalized spacial score (nSPS) is 17.7. The molecule has 1 aliphatic carbocycles. The Morgan fingerprint density at radius 3 is 2.78 bits per heavy atom. The lowest BCUT2D eigenvalue weighted by Gasteiger charge is -2.22. The Morgan fingerprint density at radius 2 is 2.17 bits per heavy atom. The average Bonchev–Trinajstić information content (AvgIpc) is 2.72. The van der Waals surface area contributed by atoms with Crippen LogP contribution in [0, 0.1) is 6.92 Å². The summed E-state index contributed by atoms with van der Waals surface area (Å²) >= 11 is 5.81. The number of aryl methyl sites for hydroxylation is 1. The molecule has 0 bridgehead atoms. The molecule has 0 aliphatic heterocycles. The van der Waals surface area contributed by atoms with E-state index in [-0.39, 0.29) is 5.91 Å². The Morgan fingerprint density at radius 1 is 1.50 bits per heavy atom. The molecule has 2 N–H and O–H groups in total. The van der Waals surface area contributed by atoms with Crippen molar-refractivity contribution in [1.29, 1.82) is 0 Å². The molecule has 18 heavy (non-hydrogen) atoms. The first-order chi connectivity index (χ1) is 8.48. The fourth-order valence-electron chi connectivity index (χ4n) is 2.32. The Kier molecular flexibility index (Phi) is 3.88. The van der Waals surface area contributed by atoms with Gasteiger partial charge < -0.3 is 10.4 Å². The zero-order valence-electron chi connectivity index (χ0n) is 10.4. The van der Waals surface area contributed by atoms with Gasteiger partial charge in [0.05, 0.1) is 5.60 Å². The van der Waals surface area contributed by atoms with Crippen molar-refractivity contribution in [2.24, 2.45) is 0 Å². The number of rotatable bonds is 3. The Balaban J connectivity index is 1.99. The van der Waals surface area contributed by atoms with Crippen molar-refractivity contribution in [1.82, 2.24) is 10.3 Å². The molecule has 4 nitrogen and oxygen atoms in total. The minimum atomic E-state index is -0.735. The molecular formula is C13H17ClN2O2. The third-order valence-corrected chi connectivity index (χ3v) is 3.49. The lowest BCUT2D eigenvalue weighted by molar-refractivity contribution is 0.0449. The summed E-state index contributed by atoms with van der Waals surface area (Å²) in [4.78, 5) is 15.9. The highest BCUT2D eigenvalue weighted by Gasteiger charge is 2.31. The molecule has 0 radical (unpaired) electrons. The van der Waals surface area contributed by atoms with Crippen LogP contribution in [0.2, 0.25) is 5.15 Å². The van der Waals surface area contributed by atoms with E-state index in [1.165, 1.54) is 6.07 Å². The molecule has 5 heteroatoms. The molecule has 1 amide bonds. The first-order valence-electron chi connectivity index (χ1n) is 6.13. The lowest BCUT2D eigenvalue weighted by atomic mass is 10.0. The smallest absolute Gasteiger partial charge is 0.251 e. The van der Waals surface area contributed by atoms with Crippen molar-refractivity contribution in [2.45, 2.75) is 38.2 Å². The second-order valence-electron chi connectivity index (χ2n) is 4.93. The third-order valence-electron chi connectivity index (χ3n) is 3.30. The number of carbonyl (C=O) groups excluding carboxylic acids is 1. The average molecular weight is 269 g/mol. The van der Waals surface area contributed by atoms with E-state index in [9.17, 15) is 9.90 Å². The van der Waals surface area contributed by atoms with Gasteiger partial charge in [-0.2, -0.15) is 0 Å². The predicted octanol–water partition coefficient (Wildman–Crippen LogP) is 2.08. The largest absolute Gasteiger partial charge is 0.388 e. The van der Waals surface area contributed by atoms with Crippen LogP contribution in [0.25, 0.3) is 0 Å². The van der Waals surface area contributed by atoms with Gasteiger partial charge in [0.25, 0.3) is 5.91 Å². The molecule has 1 fully saturated rings. The van der Waals surface area contributed by atoms with E-state index >= 15 is 0 Å². The van der Waals surface area contributed by atoms with E-state index in [1.54, 1.807) is 13.0 Å². The number of aliphatic hydroxyl groups is 1. The highest BCUT2D eigenvalue weighted by molar-refractivity contribution is 6.29. The van der Waals surface area contributed by atoms with Crippen LogP contribution in [0.15, 0.2) is 12.1 Å². The van der Waals surface area contributed by atoms with Crippen LogP contribution >= 0.6 is 11.6 Å². The second-order valence-corrected chi connectivity index (χ2v) is 5.32. The van der Waals surface area contributed by atoms with Crippen molar-refractivity contribution in [3.05, 3.63) is 28.5 Å². The summed E-state index contributed by atoms with van der Waals surface area (Å²) in [7, 11) is 0. The van der Waals surface area contributed by atoms with Gasteiger partial charge in [-0.25, -0.2) is 4.98 Å². The summed E-state index contributed by atoms with van der Waals surface area (Å²) in [6.45, 7) is 2.08. The van der Waals surface area contributed by atoms with E-state index in [4.69, 9.17) is 11.6 Å². The summed E-state index contributed by atoms with van der Waals surface area (Å²) in [5, 5.41) is 13.2. The van der Waals surface area contributed by atoms with Gasteiger partial charge in [0, 0.05) is 17.8 Å². The lowest BCUT2D eigenvalue weighted by Crippen LogP contribution is -2.40. The maximum absolute atomic E-state index is 11.9. The zero-order valence-corrected chi connectivity index (χ0v) is 11.1. The topological polar surface area (TPSA) is 62.2 Å². The van der Waals surface area contributed by atoms with Gasteiger partial charge >= 0.3 is 0 Å². The van der Waals surface area contributed by atoms with Crippen molar-refractivity contribution in [3.8, 4) is 0 Å². The van der Waals surface area contributed by atoms with Gasteiger partial charge in [-0.1, -0.05) is 24.4 Å². The number of pyridine rings is 1. The molecule has 1 aromatic heterocycles. The highest BCUT2D eigenvalue weighted by atomic mass is 35.5. The minimum Gasteiger partial charge on any atom is -0.388 e. The van der Waals surface area contributed by atoms with E-state index < -0.39 is 5.60 Å². The van der Waals surface area contributed by atoms with Gasteiger partial charge in [0.2, 0.25) is 0 Å². The van der Waals surface area contributed by atoms with Gasteiger partial charge in [0.1, 0.15) is 5.15 Å². The molecule has 2 rings (SSSR count). The quantitative estimate of drug-likeness (QED) is 0.825. The van der Waals surface area contributed by atoms with Crippen LogP contribution in [0.1, 0.15) is 41.7 Å². The summed E-state index contributed by atoms with van der Waals surface area (Å²) in [5.74, 6) is -0.220. The Bertz CT molecular complexity index is 436. The van der Waals surface area contributed by atoms with Crippen LogP contribution in [0.5, 0.6) is 0 Å². The van der Waals surface area contributed by atoms with Crippen LogP contribution < -0.4 is 5.32 Å². The summed E-state index contributed by atoms with van der Waals surface area (Å²) in [6, 6.07) is 3.21. The van der Waals surface area contributed by atoms with Crippen LogP contribution in [0.3, 0.4) is 0 Å². The third kappa shape index (κ3) is 3.21. The Hall–Kier alpha value is -1.13. The molecule has 0 atom stereocenters. The molecule has 0 spiro atoms. The number of nitrogens with one attached hydrogen (secondary N) is 1. The maximum atomic E-state index is 11.9. The Labute approximate surface area is 111 Å². The number of hydrogen-bond acceptors (Lipinski definition) is 3. The first-order valence-corrected chi connectivity index (χ1v) is 6.51.